The quantitative estimate of drug-likeness (QED) is 0.703. The van der Waals surface area contributed by atoms with Gasteiger partial charge in [-0.15, -0.1) is 0 Å². The van der Waals surface area contributed by atoms with Gasteiger partial charge in [0.1, 0.15) is 5.82 Å². The largest absolute Gasteiger partial charge is 0.452 e. The van der Waals surface area contributed by atoms with Gasteiger partial charge in [-0.05, 0) is 51.0 Å². The Labute approximate surface area is 165 Å². The molecule has 1 amide bonds. The summed E-state index contributed by atoms with van der Waals surface area (Å²) in [5.41, 5.74) is 1.49. The third-order valence-corrected chi connectivity index (χ3v) is 5.17. The smallest absolute Gasteiger partial charge is 0.338 e. The van der Waals surface area contributed by atoms with Crippen LogP contribution in [0.5, 0.6) is 0 Å². The minimum Gasteiger partial charge on any atom is -0.452 e. The normalized spacial score (nSPS) is 14.1. The van der Waals surface area contributed by atoms with Crippen LogP contribution in [0.1, 0.15) is 55.9 Å². The van der Waals surface area contributed by atoms with Gasteiger partial charge in [-0.25, -0.2) is 9.48 Å². The zero-order chi connectivity index (χ0) is 19.9. The lowest BCUT2D eigenvalue weighted by atomic mass is 10.2. The van der Waals surface area contributed by atoms with Crippen molar-refractivity contribution in [2.24, 2.45) is 0 Å². The van der Waals surface area contributed by atoms with Gasteiger partial charge in [-0.1, -0.05) is 12.8 Å². The molecular formula is C21H28N4O3. The third kappa shape index (κ3) is 4.71. The number of esters is 1. The highest BCUT2D eigenvalue weighted by molar-refractivity contribution is 5.95. The monoisotopic (exact) mass is 384 g/mol. The van der Waals surface area contributed by atoms with Gasteiger partial charge in [0.25, 0.3) is 5.91 Å². The lowest BCUT2D eigenvalue weighted by Gasteiger charge is -2.20. The SMILES string of the molecule is CCN(CC)c1ccc(C(=O)OCC(=O)Nc2ccnn2C2CCCC2)cc1. The van der Waals surface area contributed by atoms with Crippen molar-refractivity contribution in [1.29, 1.82) is 0 Å². The molecule has 1 aliphatic rings. The molecule has 0 spiro atoms. The molecule has 3 rings (SSSR count). The molecule has 1 aromatic heterocycles. The first kappa shape index (κ1) is 19.9. The fourth-order valence-electron chi connectivity index (χ4n) is 3.64. The van der Waals surface area contributed by atoms with Crippen LogP contribution < -0.4 is 10.2 Å². The van der Waals surface area contributed by atoms with E-state index in [0.717, 1.165) is 31.6 Å². The molecule has 0 aliphatic heterocycles. The van der Waals surface area contributed by atoms with E-state index >= 15 is 0 Å². The van der Waals surface area contributed by atoms with Gasteiger partial charge in [0.15, 0.2) is 6.61 Å². The van der Waals surface area contributed by atoms with Crippen LogP contribution in [-0.4, -0.2) is 41.4 Å². The van der Waals surface area contributed by atoms with Crippen molar-refractivity contribution in [3.63, 3.8) is 0 Å². The Morgan fingerprint density at radius 3 is 2.46 bits per heavy atom. The van der Waals surface area contributed by atoms with Crippen LogP contribution in [0.4, 0.5) is 11.5 Å². The summed E-state index contributed by atoms with van der Waals surface area (Å²) in [6.07, 6.45) is 6.19. The average molecular weight is 384 g/mol. The number of nitrogens with zero attached hydrogens (tertiary/aromatic N) is 3. The number of benzene rings is 1. The summed E-state index contributed by atoms with van der Waals surface area (Å²) in [5.74, 6) is -0.227. The highest BCUT2D eigenvalue weighted by Gasteiger charge is 2.21. The second-order valence-electron chi connectivity index (χ2n) is 6.94. The van der Waals surface area contributed by atoms with Gasteiger partial charge < -0.3 is 15.0 Å². The maximum absolute atomic E-state index is 12.2. The molecule has 7 heteroatoms. The van der Waals surface area contributed by atoms with E-state index in [1.807, 2.05) is 16.8 Å². The Hall–Kier alpha value is -2.83. The molecule has 1 fully saturated rings. The van der Waals surface area contributed by atoms with Gasteiger partial charge in [0.2, 0.25) is 0 Å². The first-order valence-electron chi connectivity index (χ1n) is 9.97. The molecule has 0 atom stereocenters. The summed E-state index contributed by atoms with van der Waals surface area (Å²) in [6.45, 7) is 5.65. The summed E-state index contributed by atoms with van der Waals surface area (Å²) in [5, 5.41) is 7.11. The number of amides is 1. The van der Waals surface area contributed by atoms with Gasteiger partial charge in [0.05, 0.1) is 17.8 Å². The molecule has 0 saturated heterocycles. The molecule has 1 aliphatic carbocycles. The predicted molar refractivity (Wildman–Crippen MR) is 109 cm³/mol. The molecule has 1 saturated carbocycles. The number of rotatable bonds is 8. The van der Waals surface area contributed by atoms with Crippen molar-refractivity contribution in [3.05, 3.63) is 42.1 Å². The molecule has 1 N–H and O–H groups in total. The number of anilines is 2. The Morgan fingerprint density at radius 1 is 1.14 bits per heavy atom. The minimum absolute atomic E-state index is 0.327. The van der Waals surface area contributed by atoms with E-state index in [2.05, 4.69) is 29.2 Å². The molecule has 1 aromatic carbocycles. The second-order valence-corrected chi connectivity index (χ2v) is 6.94. The maximum Gasteiger partial charge on any atom is 0.338 e. The number of carbonyl (C=O) groups is 2. The van der Waals surface area contributed by atoms with Crippen LogP contribution in [0.2, 0.25) is 0 Å². The summed E-state index contributed by atoms with van der Waals surface area (Å²) in [6, 6.07) is 9.33. The van der Waals surface area contributed by atoms with E-state index in [9.17, 15) is 9.59 Å². The van der Waals surface area contributed by atoms with Gasteiger partial charge in [-0.2, -0.15) is 5.10 Å². The second kappa shape index (κ2) is 9.39. The summed E-state index contributed by atoms with van der Waals surface area (Å²) in [7, 11) is 0. The molecule has 7 nitrogen and oxygen atoms in total. The van der Waals surface area contributed by atoms with Gasteiger partial charge in [-0.3, -0.25) is 4.79 Å². The Bertz CT molecular complexity index is 790. The fourth-order valence-corrected chi connectivity index (χ4v) is 3.64. The lowest BCUT2D eigenvalue weighted by molar-refractivity contribution is -0.119. The summed E-state index contributed by atoms with van der Waals surface area (Å²) >= 11 is 0. The molecule has 0 radical (unpaired) electrons. The van der Waals surface area contributed by atoms with Crippen LogP contribution in [-0.2, 0) is 9.53 Å². The van der Waals surface area contributed by atoms with E-state index < -0.39 is 5.97 Å². The lowest BCUT2D eigenvalue weighted by Crippen LogP contribution is -2.23. The minimum atomic E-state index is -0.509. The van der Waals surface area contributed by atoms with Crippen LogP contribution in [0.15, 0.2) is 36.5 Å². The van der Waals surface area contributed by atoms with Crippen molar-refractivity contribution in [1.82, 2.24) is 9.78 Å². The van der Waals surface area contributed by atoms with Crippen molar-refractivity contribution >= 4 is 23.4 Å². The van der Waals surface area contributed by atoms with Crippen LogP contribution >= 0.6 is 0 Å². The fraction of sp³-hybridized carbons (Fsp3) is 0.476. The molecule has 0 unspecified atom stereocenters. The Balaban J connectivity index is 1.52. The third-order valence-electron chi connectivity index (χ3n) is 5.17. The number of ether oxygens (including phenoxy) is 1. The Kier molecular flexibility index (Phi) is 6.68. The van der Waals surface area contributed by atoms with Crippen LogP contribution in [0.25, 0.3) is 0 Å². The zero-order valence-electron chi connectivity index (χ0n) is 16.6. The van der Waals surface area contributed by atoms with E-state index in [-0.39, 0.29) is 12.5 Å². The number of nitrogens with one attached hydrogen (secondary N) is 1. The van der Waals surface area contributed by atoms with Crippen LogP contribution in [0.3, 0.4) is 0 Å². The highest BCUT2D eigenvalue weighted by Crippen LogP contribution is 2.31. The number of aromatic nitrogens is 2. The molecule has 150 valence electrons. The molecule has 28 heavy (non-hydrogen) atoms. The summed E-state index contributed by atoms with van der Waals surface area (Å²) < 4.78 is 7.02. The van der Waals surface area contributed by atoms with Gasteiger partial charge in [0, 0.05) is 24.8 Å². The maximum atomic E-state index is 12.2. The highest BCUT2D eigenvalue weighted by atomic mass is 16.5. The predicted octanol–water partition coefficient (Wildman–Crippen LogP) is 3.64. The first-order valence-corrected chi connectivity index (χ1v) is 9.97. The zero-order valence-corrected chi connectivity index (χ0v) is 16.6. The van der Waals surface area contributed by atoms with Crippen molar-refractivity contribution in [2.45, 2.75) is 45.6 Å². The van der Waals surface area contributed by atoms with Crippen molar-refractivity contribution in [2.75, 3.05) is 29.9 Å². The first-order chi connectivity index (χ1) is 13.6. The number of carbonyl (C=O) groups excluding carboxylic acids is 2. The molecular weight excluding hydrogens is 356 g/mol. The number of hydrogen-bond donors (Lipinski definition) is 1. The van der Waals surface area contributed by atoms with E-state index in [4.69, 9.17) is 4.74 Å². The Morgan fingerprint density at radius 2 is 1.82 bits per heavy atom. The van der Waals surface area contributed by atoms with Crippen LogP contribution in [0, 0.1) is 0 Å². The van der Waals surface area contributed by atoms with Crippen molar-refractivity contribution < 1.29 is 14.3 Å². The van der Waals surface area contributed by atoms with E-state index in [1.54, 1.807) is 24.4 Å². The number of hydrogen-bond acceptors (Lipinski definition) is 5. The van der Waals surface area contributed by atoms with Crippen molar-refractivity contribution in [3.8, 4) is 0 Å². The van der Waals surface area contributed by atoms with E-state index in [1.165, 1.54) is 12.8 Å². The topological polar surface area (TPSA) is 76.5 Å². The average Bonchev–Trinajstić information content (AvgIpc) is 3.39. The van der Waals surface area contributed by atoms with E-state index in [0.29, 0.717) is 17.4 Å². The molecule has 2 aromatic rings. The summed E-state index contributed by atoms with van der Waals surface area (Å²) in [4.78, 5) is 26.6. The van der Waals surface area contributed by atoms with Gasteiger partial charge >= 0.3 is 5.97 Å². The standard InChI is InChI=1S/C21H28N4O3/c1-3-24(4-2)17-11-9-16(10-12-17)21(27)28-15-20(26)23-19-13-14-22-25(19)18-7-5-6-8-18/h9-14,18H,3-8,15H2,1-2H3,(H,23,26). The molecule has 0 bridgehead atoms. The molecule has 1 heterocycles.